The molecule has 0 spiro atoms. The Bertz CT molecular complexity index is 720. The van der Waals surface area contributed by atoms with E-state index in [1.807, 2.05) is 38.1 Å². The Morgan fingerprint density at radius 1 is 1.07 bits per heavy atom. The molecule has 0 aromatic heterocycles. The molecule has 2 aromatic rings. The van der Waals surface area contributed by atoms with Crippen LogP contribution in [0.2, 0.25) is 0 Å². The fourth-order valence-corrected chi connectivity index (χ4v) is 3.73. The molecule has 1 heterocycles. The van der Waals surface area contributed by atoms with Gasteiger partial charge in [0.25, 0.3) is 0 Å². The third kappa shape index (κ3) is 6.68. The maximum atomic E-state index is 12.3. The zero-order valence-corrected chi connectivity index (χ0v) is 17.1. The van der Waals surface area contributed by atoms with Gasteiger partial charge in [-0.05, 0) is 81.9 Å². The summed E-state index contributed by atoms with van der Waals surface area (Å²) in [6.45, 7) is 7.01. The Labute approximate surface area is 168 Å². The predicted octanol–water partition coefficient (Wildman–Crippen LogP) is 4.76. The number of carbonyl (C=O) groups is 1. The lowest BCUT2D eigenvalue weighted by Gasteiger charge is -2.31. The van der Waals surface area contributed by atoms with Gasteiger partial charge in [0.2, 0.25) is 5.91 Å². The summed E-state index contributed by atoms with van der Waals surface area (Å²) in [6, 6.07) is 18.3. The Morgan fingerprint density at radius 3 is 2.39 bits per heavy atom. The minimum Gasteiger partial charge on any atom is -0.491 e. The lowest BCUT2D eigenvalue weighted by atomic mass is 9.90. The summed E-state index contributed by atoms with van der Waals surface area (Å²) >= 11 is 0. The van der Waals surface area contributed by atoms with Crippen LogP contribution in [0.5, 0.6) is 5.75 Å². The first kappa shape index (κ1) is 20.4. The molecular weight excluding hydrogens is 348 g/mol. The van der Waals surface area contributed by atoms with Crippen LogP contribution >= 0.6 is 0 Å². The van der Waals surface area contributed by atoms with E-state index in [-0.39, 0.29) is 12.0 Å². The number of anilines is 1. The van der Waals surface area contributed by atoms with Gasteiger partial charge in [-0.1, -0.05) is 30.3 Å². The maximum Gasteiger partial charge on any atom is 0.225 e. The molecule has 0 bridgehead atoms. The molecule has 1 aliphatic rings. The summed E-state index contributed by atoms with van der Waals surface area (Å²) in [4.78, 5) is 14.7. The largest absolute Gasteiger partial charge is 0.491 e. The maximum absolute atomic E-state index is 12.3. The van der Waals surface area contributed by atoms with E-state index < -0.39 is 0 Å². The number of ether oxygens (including phenoxy) is 1. The van der Waals surface area contributed by atoms with Crippen molar-refractivity contribution in [1.82, 2.24) is 4.90 Å². The molecule has 2 aromatic carbocycles. The third-order valence-electron chi connectivity index (χ3n) is 5.24. The van der Waals surface area contributed by atoms with Gasteiger partial charge in [-0.2, -0.15) is 0 Å². The number of nitrogens with one attached hydrogen (secondary N) is 1. The fraction of sp³-hybridized carbons (Fsp3) is 0.458. The lowest BCUT2D eigenvalue weighted by molar-refractivity contribution is -0.116. The van der Waals surface area contributed by atoms with E-state index in [1.54, 1.807) is 0 Å². The number of likely N-dealkylation sites (tertiary alicyclic amines) is 1. The number of amides is 1. The van der Waals surface area contributed by atoms with Crippen LogP contribution in [-0.4, -0.2) is 36.5 Å². The summed E-state index contributed by atoms with van der Waals surface area (Å²) in [5.41, 5.74) is 2.26. The molecule has 150 valence electrons. The molecule has 3 rings (SSSR count). The smallest absolute Gasteiger partial charge is 0.225 e. The van der Waals surface area contributed by atoms with Crippen LogP contribution in [0.1, 0.15) is 38.7 Å². The molecule has 1 N–H and O–H groups in total. The van der Waals surface area contributed by atoms with Crippen molar-refractivity contribution in [2.75, 3.05) is 25.0 Å². The minimum atomic E-state index is 0.0731. The van der Waals surface area contributed by atoms with E-state index in [9.17, 15) is 4.79 Å². The van der Waals surface area contributed by atoms with Crippen molar-refractivity contribution in [2.24, 2.45) is 5.92 Å². The molecule has 28 heavy (non-hydrogen) atoms. The van der Waals surface area contributed by atoms with Crippen LogP contribution in [0, 0.1) is 5.92 Å². The van der Waals surface area contributed by atoms with Crippen molar-refractivity contribution in [2.45, 2.75) is 45.6 Å². The van der Waals surface area contributed by atoms with Crippen molar-refractivity contribution in [3.8, 4) is 5.75 Å². The van der Waals surface area contributed by atoms with Crippen LogP contribution < -0.4 is 10.1 Å². The zero-order chi connectivity index (χ0) is 19.8. The highest BCUT2D eigenvalue weighted by Crippen LogP contribution is 2.22. The van der Waals surface area contributed by atoms with E-state index in [1.165, 1.54) is 24.8 Å². The second kappa shape index (κ2) is 10.3. The first-order valence-electron chi connectivity index (χ1n) is 10.4. The number of benzene rings is 2. The molecule has 1 saturated heterocycles. The minimum absolute atomic E-state index is 0.0731. The van der Waals surface area contributed by atoms with E-state index in [0.29, 0.717) is 6.42 Å². The first-order valence-corrected chi connectivity index (χ1v) is 10.4. The van der Waals surface area contributed by atoms with Crippen molar-refractivity contribution >= 4 is 11.6 Å². The molecule has 4 nitrogen and oxygen atoms in total. The normalized spacial score (nSPS) is 15.5. The molecule has 1 aliphatic heterocycles. The molecule has 1 fully saturated rings. The fourth-order valence-electron chi connectivity index (χ4n) is 3.73. The summed E-state index contributed by atoms with van der Waals surface area (Å²) in [6.07, 6.45) is 4.29. The Balaban J connectivity index is 1.35. The number of rotatable bonds is 8. The SMILES string of the molecule is CC(C)Oc1ccc(NC(=O)CCN2CCC(Cc3ccccc3)CC2)cc1. The van der Waals surface area contributed by atoms with Crippen LogP contribution in [-0.2, 0) is 11.2 Å². The van der Waals surface area contributed by atoms with Crippen molar-refractivity contribution in [3.05, 3.63) is 60.2 Å². The monoisotopic (exact) mass is 380 g/mol. The highest BCUT2D eigenvalue weighted by atomic mass is 16.5. The topological polar surface area (TPSA) is 41.6 Å². The quantitative estimate of drug-likeness (QED) is 0.718. The van der Waals surface area contributed by atoms with E-state index in [2.05, 4.69) is 40.5 Å². The standard InChI is InChI=1S/C24H32N2O2/c1-19(2)28-23-10-8-22(9-11-23)25-24(27)14-17-26-15-12-21(13-16-26)18-20-6-4-3-5-7-20/h3-11,19,21H,12-18H2,1-2H3,(H,25,27). The van der Waals surface area contributed by atoms with Crippen LogP contribution in [0.3, 0.4) is 0 Å². The van der Waals surface area contributed by atoms with Crippen molar-refractivity contribution in [3.63, 3.8) is 0 Å². The van der Waals surface area contributed by atoms with Gasteiger partial charge in [-0.3, -0.25) is 4.79 Å². The number of carbonyl (C=O) groups excluding carboxylic acids is 1. The predicted molar refractivity (Wildman–Crippen MR) is 115 cm³/mol. The van der Waals surface area contributed by atoms with Gasteiger partial charge < -0.3 is 15.0 Å². The summed E-state index contributed by atoms with van der Waals surface area (Å²) in [5.74, 6) is 1.66. The summed E-state index contributed by atoms with van der Waals surface area (Å²) in [7, 11) is 0. The molecule has 1 amide bonds. The second-order valence-electron chi connectivity index (χ2n) is 7.96. The summed E-state index contributed by atoms with van der Waals surface area (Å²) < 4.78 is 5.63. The molecule has 0 atom stereocenters. The van der Waals surface area contributed by atoms with E-state index >= 15 is 0 Å². The average Bonchev–Trinajstić information content (AvgIpc) is 2.69. The molecule has 0 radical (unpaired) electrons. The number of hydrogen-bond donors (Lipinski definition) is 1. The van der Waals surface area contributed by atoms with Gasteiger partial charge in [0.05, 0.1) is 6.10 Å². The van der Waals surface area contributed by atoms with Gasteiger partial charge in [0.1, 0.15) is 5.75 Å². The first-order chi connectivity index (χ1) is 13.6. The van der Waals surface area contributed by atoms with Crippen LogP contribution in [0.25, 0.3) is 0 Å². The number of piperidine rings is 1. The van der Waals surface area contributed by atoms with Crippen LogP contribution in [0.15, 0.2) is 54.6 Å². The number of hydrogen-bond acceptors (Lipinski definition) is 3. The van der Waals surface area contributed by atoms with Crippen LogP contribution in [0.4, 0.5) is 5.69 Å². The summed E-state index contributed by atoms with van der Waals surface area (Å²) in [5, 5.41) is 2.98. The van der Waals surface area contributed by atoms with Gasteiger partial charge in [-0.15, -0.1) is 0 Å². The highest BCUT2D eigenvalue weighted by molar-refractivity contribution is 5.90. The van der Waals surface area contributed by atoms with Gasteiger partial charge in [-0.25, -0.2) is 0 Å². The van der Waals surface area contributed by atoms with Crippen molar-refractivity contribution in [1.29, 1.82) is 0 Å². The average molecular weight is 381 g/mol. The molecular formula is C24H32N2O2. The molecule has 0 saturated carbocycles. The highest BCUT2D eigenvalue weighted by Gasteiger charge is 2.19. The molecule has 4 heteroatoms. The Morgan fingerprint density at radius 2 is 1.75 bits per heavy atom. The Kier molecular flexibility index (Phi) is 7.49. The van der Waals surface area contributed by atoms with Crippen molar-refractivity contribution < 1.29 is 9.53 Å². The van der Waals surface area contributed by atoms with E-state index in [0.717, 1.165) is 37.0 Å². The Hall–Kier alpha value is -2.33. The lowest BCUT2D eigenvalue weighted by Crippen LogP contribution is -2.36. The van der Waals surface area contributed by atoms with Gasteiger partial charge >= 0.3 is 0 Å². The van der Waals surface area contributed by atoms with Gasteiger partial charge in [0.15, 0.2) is 0 Å². The molecule has 0 aliphatic carbocycles. The zero-order valence-electron chi connectivity index (χ0n) is 17.1. The molecule has 0 unspecified atom stereocenters. The van der Waals surface area contributed by atoms with Gasteiger partial charge in [0, 0.05) is 18.7 Å². The number of nitrogens with zero attached hydrogens (tertiary/aromatic N) is 1. The van der Waals surface area contributed by atoms with E-state index in [4.69, 9.17) is 4.74 Å². The second-order valence-corrected chi connectivity index (χ2v) is 7.96. The third-order valence-corrected chi connectivity index (χ3v) is 5.24.